The molecule has 3 aromatic carbocycles. The number of nitrogens with one attached hydrogen (secondary N) is 1. The minimum atomic E-state index is -0.251. The Balaban J connectivity index is 1.40. The van der Waals surface area contributed by atoms with Gasteiger partial charge in [-0.1, -0.05) is 54.6 Å². The molecule has 7 heteroatoms. The van der Waals surface area contributed by atoms with Crippen LogP contribution in [0.1, 0.15) is 15.9 Å². The van der Waals surface area contributed by atoms with Gasteiger partial charge in [0.2, 0.25) is 5.91 Å². The highest BCUT2D eigenvalue weighted by Crippen LogP contribution is 2.16. The first kappa shape index (κ1) is 20.4. The molecular formula is C26H20N4O3. The lowest BCUT2D eigenvalue weighted by molar-refractivity contribution is -0.115. The monoisotopic (exact) mass is 436 g/mol. The number of imidazole rings is 1. The van der Waals surface area contributed by atoms with Crippen molar-refractivity contribution < 1.29 is 9.59 Å². The second kappa shape index (κ2) is 8.55. The third kappa shape index (κ3) is 4.04. The highest BCUT2D eigenvalue weighted by molar-refractivity contribution is 5.99. The molecule has 0 atom stereocenters. The number of fused-ring (bicyclic) bond motifs is 3. The summed E-state index contributed by atoms with van der Waals surface area (Å²) in [5, 5.41) is 3.35. The van der Waals surface area contributed by atoms with Crippen molar-refractivity contribution in [2.75, 3.05) is 5.32 Å². The summed E-state index contributed by atoms with van der Waals surface area (Å²) in [6, 6.07) is 23.4. The smallest absolute Gasteiger partial charge is 0.262 e. The quantitative estimate of drug-likeness (QED) is 0.411. The van der Waals surface area contributed by atoms with E-state index in [1.165, 1.54) is 4.57 Å². The number of aromatic nitrogens is 3. The molecule has 0 bridgehead atoms. The van der Waals surface area contributed by atoms with E-state index in [2.05, 4.69) is 10.3 Å². The molecule has 2 heterocycles. The van der Waals surface area contributed by atoms with Gasteiger partial charge in [0.25, 0.3) is 5.56 Å². The first-order valence-corrected chi connectivity index (χ1v) is 10.5. The first-order chi connectivity index (χ1) is 16.1. The van der Waals surface area contributed by atoms with Gasteiger partial charge in [0.1, 0.15) is 12.0 Å². The average molecular weight is 436 g/mol. The zero-order chi connectivity index (χ0) is 22.8. The summed E-state index contributed by atoms with van der Waals surface area (Å²) < 4.78 is 3.22. The Labute approximate surface area is 188 Å². The summed E-state index contributed by atoms with van der Waals surface area (Å²) in [5.41, 5.74) is 2.87. The summed E-state index contributed by atoms with van der Waals surface area (Å²) in [6.07, 6.45) is 3.44. The van der Waals surface area contributed by atoms with Crippen LogP contribution in [0.25, 0.3) is 16.6 Å². The molecule has 1 N–H and O–H groups in total. The number of ketones is 1. The molecule has 1 amide bonds. The Hall–Kier alpha value is -4.52. The van der Waals surface area contributed by atoms with Gasteiger partial charge in [0.15, 0.2) is 5.78 Å². The zero-order valence-electron chi connectivity index (χ0n) is 17.6. The fourth-order valence-corrected chi connectivity index (χ4v) is 3.93. The number of rotatable bonds is 6. The molecular weight excluding hydrogens is 416 g/mol. The van der Waals surface area contributed by atoms with Gasteiger partial charge in [-0.25, -0.2) is 4.98 Å². The zero-order valence-corrected chi connectivity index (χ0v) is 17.6. The SMILES string of the molecule is O=C(Cc1ccccc1)Nc1cccc(C(=O)Cn2c(=O)c3ccccc3n3cncc23)c1. The molecule has 2 aromatic heterocycles. The van der Waals surface area contributed by atoms with E-state index in [0.29, 0.717) is 22.3 Å². The molecule has 0 radical (unpaired) electrons. The second-order valence-corrected chi connectivity index (χ2v) is 7.74. The predicted octanol–water partition coefficient (Wildman–Crippen LogP) is 3.71. The van der Waals surface area contributed by atoms with E-state index < -0.39 is 0 Å². The Morgan fingerprint density at radius 1 is 0.909 bits per heavy atom. The van der Waals surface area contributed by atoms with Crippen LogP contribution in [0.4, 0.5) is 5.69 Å². The third-order valence-corrected chi connectivity index (χ3v) is 5.51. The number of benzene rings is 3. The van der Waals surface area contributed by atoms with Gasteiger partial charge in [0.05, 0.1) is 30.1 Å². The second-order valence-electron chi connectivity index (χ2n) is 7.74. The summed E-state index contributed by atoms with van der Waals surface area (Å²) in [5.74, 6) is -0.410. The fraction of sp³-hybridized carbons (Fsp3) is 0.0769. The maximum Gasteiger partial charge on any atom is 0.262 e. The van der Waals surface area contributed by atoms with Crippen LogP contribution in [-0.2, 0) is 17.8 Å². The van der Waals surface area contributed by atoms with E-state index in [9.17, 15) is 14.4 Å². The van der Waals surface area contributed by atoms with Gasteiger partial charge >= 0.3 is 0 Å². The standard InChI is InChI=1S/C26H20N4O3/c31-23(16-29-25-15-27-17-30(25)22-12-5-4-11-21(22)26(29)33)19-9-6-10-20(14-19)28-24(32)13-18-7-2-1-3-8-18/h1-12,14-15,17H,13,16H2,(H,28,32). The minimum absolute atomic E-state index is 0.139. The summed E-state index contributed by atoms with van der Waals surface area (Å²) in [6.45, 7) is -0.139. The number of nitrogens with zero attached hydrogens (tertiary/aromatic N) is 3. The molecule has 0 aliphatic rings. The maximum absolute atomic E-state index is 13.1. The van der Waals surface area contributed by atoms with Crippen LogP contribution in [-0.4, -0.2) is 25.6 Å². The molecule has 0 unspecified atom stereocenters. The number of amides is 1. The van der Waals surface area contributed by atoms with E-state index in [0.717, 1.165) is 11.1 Å². The van der Waals surface area contributed by atoms with Crippen molar-refractivity contribution in [3.05, 3.63) is 113 Å². The minimum Gasteiger partial charge on any atom is -0.326 e. The third-order valence-electron chi connectivity index (χ3n) is 5.51. The summed E-state index contributed by atoms with van der Waals surface area (Å²) in [4.78, 5) is 42.7. The number of hydrogen-bond donors (Lipinski definition) is 1. The van der Waals surface area contributed by atoms with Crippen LogP contribution < -0.4 is 10.9 Å². The van der Waals surface area contributed by atoms with Crippen molar-refractivity contribution in [2.45, 2.75) is 13.0 Å². The molecule has 162 valence electrons. The Morgan fingerprint density at radius 2 is 1.70 bits per heavy atom. The van der Waals surface area contributed by atoms with E-state index in [1.54, 1.807) is 53.3 Å². The van der Waals surface area contributed by atoms with Crippen molar-refractivity contribution in [3.8, 4) is 0 Å². The van der Waals surface area contributed by atoms with Crippen LogP contribution in [0.15, 0.2) is 96.2 Å². The lowest BCUT2D eigenvalue weighted by atomic mass is 10.1. The van der Waals surface area contributed by atoms with Gasteiger partial charge in [-0.2, -0.15) is 0 Å². The molecule has 0 aliphatic carbocycles. The molecule has 5 aromatic rings. The number of carbonyl (C=O) groups is 2. The number of Topliss-reactive ketones (excluding diaryl/α,β-unsaturated/α-hetero) is 1. The van der Waals surface area contributed by atoms with Crippen LogP contribution in [0.2, 0.25) is 0 Å². The molecule has 0 saturated carbocycles. The van der Waals surface area contributed by atoms with Crippen molar-refractivity contribution in [1.29, 1.82) is 0 Å². The molecule has 0 aliphatic heterocycles. The Bertz CT molecular complexity index is 1550. The van der Waals surface area contributed by atoms with Crippen molar-refractivity contribution in [2.24, 2.45) is 0 Å². The highest BCUT2D eigenvalue weighted by Gasteiger charge is 2.15. The topological polar surface area (TPSA) is 85.5 Å². The van der Waals surface area contributed by atoms with Crippen LogP contribution >= 0.6 is 0 Å². The average Bonchev–Trinajstić information content (AvgIpc) is 3.32. The Morgan fingerprint density at radius 3 is 2.55 bits per heavy atom. The lowest BCUT2D eigenvalue weighted by Crippen LogP contribution is -2.26. The lowest BCUT2D eigenvalue weighted by Gasteiger charge is -2.11. The molecule has 5 rings (SSSR count). The van der Waals surface area contributed by atoms with E-state index >= 15 is 0 Å². The van der Waals surface area contributed by atoms with Crippen LogP contribution in [0.5, 0.6) is 0 Å². The normalized spacial score (nSPS) is 11.0. The van der Waals surface area contributed by atoms with E-state index in [-0.39, 0.29) is 30.2 Å². The van der Waals surface area contributed by atoms with Crippen molar-refractivity contribution >= 4 is 33.9 Å². The molecule has 33 heavy (non-hydrogen) atoms. The molecule has 0 spiro atoms. The van der Waals surface area contributed by atoms with E-state index in [1.807, 2.05) is 42.5 Å². The Kier molecular flexibility index (Phi) is 5.28. The van der Waals surface area contributed by atoms with Gasteiger partial charge < -0.3 is 5.32 Å². The summed E-state index contributed by atoms with van der Waals surface area (Å²) in [7, 11) is 0. The molecule has 0 fully saturated rings. The molecule has 0 saturated heterocycles. The van der Waals surface area contributed by atoms with Crippen molar-refractivity contribution in [3.63, 3.8) is 0 Å². The van der Waals surface area contributed by atoms with Crippen LogP contribution in [0, 0.1) is 0 Å². The van der Waals surface area contributed by atoms with Crippen LogP contribution in [0.3, 0.4) is 0 Å². The number of hydrogen-bond acceptors (Lipinski definition) is 4. The van der Waals surface area contributed by atoms with Crippen molar-refractivity contribution in [1.82, 2.24) is 14.0 Å². The largest absolute Gasteiger partial charge is 0.326 e. The number of carbonyl (C=O) groups excluding carboxylic acids is 2. The highest BCUT2D eigenvalue weighted by atomic mass is 16.2. The van der Waals surface area contributed by atoms with E-state index in [4.69, 9.17) is 0 Å². The first-order valence-electron chi connectivity index (χ1n) is 10.5. The van der Waals surface area contributed by atoms with Gasteiger partial charge in [-0.15, -0.1) is 0 Å². The van der Waals surface area contributed by atoms with Gasteiger partial charge in [-0.05, 0) is 29.8 Å². The van der Waals surface area contributed by atoms with Gasteiger partial charge in [0, 0.05) is 11.3 Å². The predicted molar refractivity (Wildman–Crippen MR) is 127 cm³/mol. The number of anilines is 1. The van der Waals surface area contributed by atoms with Gasteiger partial charge in [-0.3, -0.25) is 23.4 Å². The maximum atomic E-state index is 13.1. The molecule has 7 nitrogen and oxygen atoms in total. The fourth-order valence-electron chi connectivity index (χ4n) is 3.93. The summed E-state index contributed by atoms with van der Waals surface area (Å²) >= 11 is 0. The number of para-hydroxylation sites is 1.